The van der Waals surface area contributed by atoms with E-state index in [4.69, 9.17) is 10.5 Å². The zero-order chi connectivity index (χ0) is 14.0. The van der Waals surface area contributed by atoms with Gasteiger partial charge < -0.3 is 10.5 Å². The molecule has 0 unspecified atom stereocenters. The fraction of sp³-hybridized carbons (Fsp3) is 0.400. The Morgan fingerprint density at radius 2 is 2.00 bits per heavy atom. The minimum absolute atomic E-state index is 0.308. The molecular weight excluding hydrogens is 240 g/mol. The number of para-hydroxylation sites is 1. The van der Waals surface area contributed by atoms with E-state index in [0.717, 1.165) is 23.2 Å². The van der Waals surface area contributed by atoms with Crippen molar-refractivity contribution < 1.29 is 9.53 Å². The number of hydrogen-bond donors (Lipinski definition) is 1. The highest BCUT2D eigenvalue weighted by Gasteiger charge is 2.25. The minimum Gasteiger partial charge on any atom is -0.443 e. The second-order valence-corrected chi connectivity index (χ2v) is 5.67. The molecule has 0 aromatic heterocycles. The molecule has 1 aromatic rings. The number of nitrogens with two attached hydrogens (primary N) is 1. The summed E-state index contributed by atoms with van der Waals surface area (Å²) in [5.41, 5.74) is 8.28. The third-order valence-corrected chi connectivity index (χ3v) is 2.87. The van der Waals surface area contributed by atoms with Gasteiger partial charge in [-0.05, 0) is 38.8 Å². The zero-order valence-electron chi connectivity index (χ0n) is 11.6. The zero-order valence-corrected chi connectivity index (χ0v) is 11.6. The second kappa shape index (κ2) is 4.96. The summed E-state index contributed by atoms with van der Waals surface area (Å²) < 4.78 is 5.35. The van der Waals surface area contributed by atoms with E-state index in [9.17, 15) is 4.79 Å². The first kappa shape index (κ1) is 13.5. The average molecular weight is 260 g/mol. The van der Waals surface area contributed by atoms with Crippen LogP contribution in [0.2, 0.25) is 0 Å². The van der Waals surface area contributed by atoms with E-state index in [1.165, 1.54) is 0 Å². The lowest BCUT2D eigenvalue weighted by Gasteiger charge is -2.23. The number of ether oxygens (including phenoxy) is 1. The number of benzene rings is 1. The minimum atomic E-state index is -0.473. The molecule has 1 aromatic carbocycles. The third-order valence-electron chi connectivity index (χ3n) is 2.87. The predicted octanol–water partition coefficient (Wildman–Crippen LogP) is 3.25. The standard InChI is InChI=1S/C15H20N2O2/c1-15(2,3)19-14(18)17-9-8-11(10-17)12-6-4-5-7-13(12)16/h4-7,10H,8-9,16H2,1-3H3. The van der Waals surface area contributed by atoms with Crippen LogP contribution in [0.1, 0.15) is 32.8 Å². The van der Waals surface area contributed by atoms with E-state index in [-0.39, 0.29) is 6.09 Å². The third kappa shape index (κ3) is 3.28. The van der Waals surface area contributed by atoms with Gasteiger partial charge in [0.15, 0.2) is 0 Å². The summed E-state index contributed by atoms with van der Waals surface area (Å²) in [6.07, 6.45) is 2.32. The van der Waals surface area contributed by atoms with Gasteiger partial charge in [0.2, 0.25) is 0 Å². The molecule has 4 nitrogen and oxygen atoms in total. The highest BCUT2D eigenvalue weighted by atomic mass is 16.6. The first-order valence-corrected chi connectivity index (χ1v) is 6.42. The average Bonchev–Trinajstić information content (AvgIpc) is 2.76. The molecule has 0 aliphatic carbocycles. The van der Waals surface area contributed by atoms with Gasteiger partial charge in [0.1, 0.15) is 5.60 Å². The van der Waals surface area contributed by atoms with Crippen LogP contribution in [0, 0.1) is 0 Å². The summed E-state index contributed by atoms with van der Waals surface area (Å²) in [4.78, 5) is 13.6. The molecular formula is C15H20N2O2. The lowest BCUT2D eigenvalue weighted by Crippen LogP contribution is -2.32. The van der Waals surface area contributed by atoms with E-state index in [2.05, 4.69) is 0 Å². The molecule has 102 valence electrons. The molecule has 1 aliphatic heterocycles. The molecule has 1 heterocycles. The SMILES string of the molecule is CC(C)(C)OC(=O)N1C=C(c2ccccc2N)CC1. The normalized spacial score (nSPS) is 15.3. The van der Waals surface area contributed by atoms with Gasteiger partial charge >= 0.3 is 6.09 Å². The van der Waals surface area contributed by atoms with Crippen molar-refractivity contribution in [1.29, 1.82) is 0 Å². The summed E-state index contributed by atoms with van der Waals surface area (Å²) in [5, 5.41) is 0. The van der Waals surface area contributed by atoms with Gasteiger partial charge in [0.25, 0.3) is 0 Å². The van der Waals surface area contributed by atoms with Crippen LogP contribution in [0.3, 0.4) is 0 Å². The number of carbonyl (C=O) groups excluding carboxylic acids is 1. The molecule has 4 heteroatoms. The van der Waals surface area contributed by atoms with Gasteiger partial charge in [-0.1, -0.05) is 18.2 Å². The van der Waals surface area contributed by atoms with E-state index in [1.54, 1.807) is 4.90 Å². The van der Waals surface area contributed by atoms with Crippen LogP contribution in [-0.4, -0.2) is 23.1 Å². The number of carbonyl (C=O) groups is 1. The van der Waals surface area contributed by atoms with Crippen LogP contribution >= 0.6 is 0 Å². The van der Waals surface area contributed by atoms with Crippen molar-refractivity contribution >= 4 is 17.4 Å². The highest BCUT2D eigenvalue weighted by Crippen LogP contribution is 2.29. The first-order chi connectivity index (χ1) is 8.87. The molecule has 0 radical (unpaired) electrons. The first-order valence-electron chi connectivity index (χ1n) is 6.42. The maximum absolute atomic E-state index is 12.0. The summed E-state index contributed by atoms with van der Waals surface area (Å²) in [7, 11) is 0. The van der Waals surface area contributed by atoms with Crippen molar-refractivity contribution in [1.82, 2.24) is 4.90 Å². The Hall–Kier alpha value is -1.97. The lowest BCUT2D eigenvalue weighted by atomic mass is 10.0. The number of amides is 1. The van der Waals surface area contributed by atoms with Gasteiger partial charge in [0, 0.05) is 24.0 Å². The molecule has 0 saturated heterocycles. The van der Waals surface area contributed by atoms with Crippen molar-refractivity contribution in [2.45, 2.75) is 32.8 Å². The monoisotopic (exact) mass is 260 g/mol. The Bertz CT molecular complexity index is 515. The predicted molar refractivity (Wildman–Crippen MR) is 76.4 cm³/mol. The Morgan fingerprint density at radius 3 is 2.63 bits per heavy atom. The molecule has 2 N–H and O–H groups in total. The molecule has 0 bridgehead atoms. The Kier molecular flexibility index (Phi) is 3.51. The largest absolute Gasteiger partial charge is 0.443 e. The Morgan fingerprint density at radius 1 is 1.32 bits per heavy atom. The van der Waals surface area contributed by atoms with E-state index < -0.39 is 5.60 Å². The van der Waals surface area contributed by atoms with Crippen LogP contribution < -0.4 is 5.73 Å². The molecule has 19 heavy (non-hydrogen) atoms. The molecule has 2 rings (SSSR count). The van der Waals surface area contributed by atoms with Crippen molar-refractivity contribution in [2.75, 3.05) is 12.3 Å². The topological polar surface area (TPSA) is 55.6 Å². The number of anilines is 1. The molecule has 0 spiro atoms. The molecule has 0 saturated carbocycles. The molecule has 0 fully saturated rings. The van der Waals surface area contributed by atoms with E-state index in [1.807, 2.05) is 51.2 Å². The summed E-state index contributed by atoms with van der Waals surface area (Å²) in [5.74, 6) is 0. The summed E-state index contributed by atoms with van der Waals surface area (Å²) in [6.45, 7) is 6.22. The summed E-state index contributed by atoms with van der Waals surface area (Å²) >= 11 is 0. The van der Waals surface area contributed by atoms with Gasteiger partial charge in [-0.25, -0.2) is 4.79 Å². The van der Waals surface area contributed by atoms with Crippen molar-refractivity contribution in [3.8, 4) is 0 Å². The van der Waals surface area contributed by atoms with Crippen LogP contribution in [0.15, 0.2) is 30.5 Å². The summed E-state index contributed by atoms with van der Waals surface area (Å²) in [6, 6.07) is 7.69. The maximum atomic E-state index is 12.0. The van der Waals surface area contributed by atoms with Crippen LogP contribution in [-0.2, 0) is 4.74 Å². The van der Waals surface area contributed by atoms with Crippen LogP contribution in [0.5, 0.6) is 0 Å². The highest BCUT2D eigenvalue weighted by molar-refractivity contribution is 5.80. The fourth-order valence-electron chi connectivity index (χ4n) is 2.02. The Labute approximate surface area is 113 Å². The number of nitrogens with zero attached hydrogens (tertiary/aromatic N) is 1. The lowest BCUT2D eigenvalue weighted by molar-refractivity contribution is 0.0349. The smallest absolute Gasteiger partial charge is 0.414 e. The van der Waals surface area contributed by atoms with E-state index in [0.29, 0.717) is 6.54 Å². The molecule has 0 atom stereocenters. The van der Waals surface area contributed by atoms with Crippen LogP contribution in [0.25, 0.3) is 5.57 Å². The molecule has 1 aliphatic rings. The maximum Gasteiger partial charge on any atom is 0.414 e. The second-order valence-electron chi connectivity index (χ2n) is 5.67. The van der Waals surface area contributed by atoms with Crippen LogP contribution in [0.4, 0.5) is 10.5 Å². The van der Waals surface area contributed by atoms with Crippen molar-refractivity contribution in [3.63, 3.8) is 0 Å². The van der Waals surface area contributed by atoms with Gasteiger partial charge in [-0.15, -0.1) is 0 Å². The Balaban J connectivity index is 2.13. The van der Waals surface area contributed by atoms with Gasteiger partial charge in [0.05, 0.1) is 0 Å². The van der Waals surface area contributed by atoms with Gasteiger partial charge in [-0.2, -0.15) is 0 Å². The fourth-order valence-corrected chi connectivity index (χ4v) is 2.02. The number of nitrogen functional groups attached to an aromatic ring is 1. The van der Waals surface area contributed by atoms with Crippen molar-refractivity contribution in [2.24, 2.45) is 0 Å². The van der Waals surface area contributed by atoms with E-state index >= 15 is 0 Å². The van der Waals surface area contributed by atoms with Gasteiger partial charge in [-0.3, -0.25) is 4.90 Å². The molecule has 1 amide bonds. The number of hydrogen-bond acceptors (Lipinski definition) is 3. The van der Waals surface area contributed by atoms with Crippen molar-refractivity contribution in [3.05, 3.63) is 36.0 Å². The number of rotatable bonds is 1. The quantitative estimate of drug-likeness (QED) is 0.788.